The van der Waals surface area contributed by atoms with Crippen LogP contribution >= 0.6 is 0 Å². The van der Waals surface area contributed by atoms with E-state index < -0.39 is 23.6 Å². The maximum absolute atomic E-state index is 12.9. The van der Waals surface area contributed by atoms with Gasteiger partial charge in [-0.25, -0.2) is 0 Å². The van der Waals surface area contributed by atoms with E-state index in [9.17, 15) is 22.8 Å². The molecule has 1 N–H and O–H groups in total. The van der Waals surface area contributed by atoms with Gasteiger partial charge in [-0.05, 0) is 30.3 Å². The second-order valence-corrected chi connectivity index (χ2v) is 7.16. The fourth-order valence-corrected chi connectivity index (χ4v) is 3.38. The first-order valence-corrected chi connectivity index (χ1v) is 9.40. The molecule has 2 amide bonds. The predicted molar refractivity (Wildman–Crippen MR) is 105 cm³/mol. The van der Waals surface area contributed by atoms with E-state index in [1.807, 2.05) is 0 Å². The Morgan fingerprint density at radius 3 is 2.68 bits per heavy atom. The number of aryl methyl sites for hydroxylation is 1. The molecule has 0 spiro atoms. The number of carbonyl (C=O) groups excluding carboxylic acids is 2. The van der Waals surface area contributed by atoms with Gasteiger partial charge in [0, 0.05) is 36.8 Å². The normalized spacial score (nSPS) is 16.6. The largest absolute Gasteiger partial charge is 0.416 e. The highest BCUT2D eigenvalue weighted by Gasteiger charge is 2.36. The summed E-state index contributed by atoms with van der Waals surface area (Å²) in [4.78, 5) is 30.7. The summed E-state index contributed by atoms with van der Waals surface area (Å²) in [5.74, 6) is -0.683. The molecule has 160 valence electrons. The van der Waals surface area contributed by atoms with Crippen molar-refractivity contribution in [3.8, 4) is 11.4 Å². The lowest BCUT2D eigenvalue weighted by Gasteiger charge is -2.17. The first-order valence-electron chi connectivity index (χ1n) is 9.40. The summed E-state index contributed by atoms with van der Waals surface area (Å²) in [6.45, 7) is 1.77. The number of nitrogens with one attached hydrogen (secondary N) is 1. The number of halogens is 3. The molecule has 31 heavy (non-hydrogen) atoms. The number of carbonyl (C=O) groups is 2. The van der Waals surface area contributed by atoms with Gasteiger partial charge in [0.15, 0.2) is 0 Å². The summed E-state index contributed by atoms with van der Waals surface area (Å²) in [7, 11) is 0. The van der Waals surface area contributed by atoms with Gasteiger partial charge in [0.05, 0.1) is 11.5 Å². The van der Waals surface area contributed by atoms with Gasteiger partial charge in [0.25, 0.3) is 0 Å². The average Bonchev–Trinajstić information content (AvgIpc) is 3.33. The zero-order chi connectivity index (χ0) is 22.2. The quantitative estimate of drug-likeness (QED) is 0.675. The Bertz CT molecular complexity index is 1140. The van der Waals surface area contributed by atoms with Crippen molar-refractivity contribution >= 4 is 23.2 Å². The fraction of sp³-hybridized carbons (Fsp3) is 0.238. The van der Waals surface area contributed by atoms with E-state index in [1.165, 1.54) is 17.0 Å². The van der Waals surface area contributed by atoms with Gasteiger partial charge >= 0.3 is 6.18 Å². The van der Waals surface area contributed by atoms with Crippen LogP contribution in [0, 0.1) is 12.8 Å². The third kappa shape index (κ3) is 4.42. The van der Waals surface area contributed by atoms with E-state index in [1.54, 1.807) is 31.2 Å². The van der Waals surface area contributed by atoms with Crippen molar-refractivity contribution < 1.29 is 27.3 Å². The van der Waals surface area contributed by atoms with E-state index in [4.69, 9.17) is 4.52 Å². The van der Waals surface area contributed by atoms with Crippen LogP contribution < -0.4 is 10.2 Å². The Morgan fingerprint density at radius 1 is 1.19 bits per heavy atom. The molecule has 1 saturated heterocycles. The van der Waals surface area contributed by atoms with Crippen LogP contribution in [-0.4, -0.2) is 28.5 Å². The first kappa shape index (κ1) is 20.6. The van der Waals surface area contributed by atoms with Gasteiger partial charge in [-0.2, -0.15) is 18.2 Å². The van der Waals surface area contributed by atoms with Crippen molar-refractivity contribution in [1.29, 1.82) is 0 Å². The zero-order valence-electron chi connectivity index (χ0n) is 16.3. The molecular formula is C21H17F3N4O3. The van der Waals surface area contributed by atoms with Gasteiger partial charge in [-0.15, -0.1) is 0 Å². The second kappa shape index (κ2) is 7.86. The van der Waals surface area contributed by atoms with Crippen LogP contribution in [0.4, 0.5) is 24.5 Å². The SMILES string of the molecule is Cc1nc(-c2cccc(N3C[C@H](C(=O)Nc4cccc(C(F)(F)F)c4)CC3=O)c2)no1. The van der Waals surface area contributed by atoms with Gasteiger partial charge in [0.2, 0.25) is 23.5 Å². The number of amides is 2. The van der Waals surface area contributed by atoms with E-state index in [2.05, 4.69) is 15.5 Å². The molecule has 0 aliphatic carbocycles. The lowest BCUT2D eigenvalue weighted by atomic mass is 10.1. The van der Waals surface area contributed by atoms with E-state index in [0.717, 1.165) is 12.1 Å². The number of alkyl halides is 3. The maximum atomic E-state index is 12.9. The van der Waals surface area contributed by atoms with E-state index in [0.29, 0.717) is 23.0 Å². The summed E-state index contributed by atoms with van der Waals surface area (Å²) < 4.78 is 43.6. The molecule has 0 unspecified atom stereocenters. The zero-order valence-corrected chi connectivity index (χ0v) is 16.3. The minimum absolute atomic E-state index is 0.0280. The monoisotopic (exact) mass is 430 g/mol. The van der Waals surface area contributed by atoms with Crippen LogP contribution in [-0.2, 0) is 15.8 Å². The molecule has 1 aliphatic rings. The number of hydrogen-bond acceptors (Lipinski definition) is 5. The molecule has 1 aromatic heterocycles. The topological polar surface area (TPSA) is 88.3 Å². The summed E-state index contributed by atoms with van der Waals surface area (Å²) in [6.07, 6.45) is -4.56. The van der Waals surface area contributed by atoms with Crippen LogP contribution in [0.3, 0.4) is 0 Å². The van der Waals surface area contributed by atoms with Crippen LogP contribution in [0.1, 0.15) is 17.9 Å². The number of rotatable bonds is 4. The number of nitrogens with zero attached hydrogens (tertiary/aromatic N) is 3. The van der Waals surface area contributed by atoms with Crippen molar-refractivity contribution in [3.05, 3.63) is 60.0 Å². The smallest absolute Gasteiger partial charge is 0.339 e. The molecule has 1 atom stereocenters. The standard InChI is InChI=1S/C21H17F3N4O3/c1-12-25-19(27-31-12)13-4-2-7-17(8-13)28-11-14(9-18(28)29)20(30)26-16-6-3-5-15(10-16)21(22,23)24/h2-8,10,14H,9,11H2,1H3,(H,26,30)/t14-/m1/s1. The highest BCUT2D eigenvalue weighted by molar-refractivity contribution is 6.03. The third-order valence-corrected chi connectivity index (χ3v) is 4.90. The van der Waals surface area contributed by atoms with Crippen LogP contribution in [0.15, 0.2) is 53.1 Å². The van der Waals surface area contributed by atoms with Gasteiger partial charge in [-0.1, -0.05) is 23.4 Å². The Kier molecular flexibility index (Phi) is 5.22. The Morgan fingerprint density at radius 2 is 1.97 bits per heavy atom. The van der Waals surface area contributed by atoms with Crippen molar-refractivity contribution in [2.24, 2.45) is 5.92 Å². The minimum Gasteiger partial charge on any atom is -0.339 e. The van der Waals surface area contributed by atoms with E-state index in [-0.39, 0.29) is 24.6 Å². The molecule has 10 heteroatoms. The van der Waals surface area contributed by atoms with Gasteiger partial charge in [-0.3, -0.25) is 9.59 Å². The minimum atomic E-state index is -4.51. The molecule has 1 aliphatic heterocycles. The molecule has 3 aromatic rings. The molecule has 0 bridgehead atoms. The van der Waals surface area contributed by atoms with Crippen molar-refractivity contribution in [1.82, 2.24) is 10.1 Å². The van der Waals surface area contributed by atoms with Crippen LogP contribution in [0.5, 0.6) is 0 Å². The molecule has 4 rings (SSSR count). The molecule has 1 fully saturated rings. The van der Waals surface area contributed by atoms with Crippen LogP contribution in [0.2, 0.25) is 0 Å². The Hall–Kier alpha value is -3.69. The summed E-state index contributed by atoms with van der Waals surface area (Å²) >= 11 is 0. The van der Waals surface area contributed by atoms with Crippen LogP contribution in [0.25, 0.3) is 11.4 Å². The Labute approximate surface area is 174 Å². The maximum Gasteiger partial charge on any atom is 0.416 e. The fourth-order valence-electron chi connectivity index (χ4n) is 3.38. The molecule has 0 radical (unpaired) electrons. The third-order valence-electron chi connectivity index (χ3n) is 4.90. The van der Waals surface area contributed by atoms with E-state index >= 15 is 0 Å². The highest BCUT2D eigenvalue weighted by Crippen LogP contribution is 2.32. The number of hydrogen-bond donors (Lipinski definition) is 1. The van der Waals surface area contributed by atoms with Gasteiger partial charge in [0.1, 0.15) is 0 Å². The lowest BCUT2D eigenvalue weighted by Crippen LogP contribution is -2.28. The second-order valence-electron chi connectivity index (χ2n) is 7.16. The number of anilines is 2. The Balaban J connectivity index is 1.48. The molecule has 2 aromatic carbocycles. The molecule has 0 saturated carbocycles. The predicted octanol–water partition coefficient (Wildman–Crippen LogP) is 4.06. The van der Waals surface area contributed by atoms with Gasteiger partial charge < -0.3 is 14.7 Å². The summed E-state index contributed by atoms with van der Waals surface area (Å²) in [5, 5.41) is 6.33. The average molecular weight is 430 g/mol. The summed E-state index contributed by atoms with van der Waals surface area (Å²) in [6, 6.07) is 11.3. The number of aromatic nitrogens is 2. The number of benzene rings is 2. The van der Waals surface area contributed by atoms with Crippen molar-refractivity contribution in [2.75, 3.05) is 16.8 Å². The molecule has 2 heterocycles. The van der Waals surface area contributed by atoms with Crippen molar-refractivity contribution in [2.45, 2.75) is 19.5 Å². The first-order chi connectivity index (χ1) is 14.7. The molecular weight excluding hydrogens is 413 g/mol. The highest BCUT2D eigenvalue weighted by atomic mass is 19.4. The summed E-state index contributed by atoms with van der Waals surface area (Å²) in [5.41, 5.74) is 0.390. The lowest BCUT2D eigenvalue weighted by molar-refractivity contribution is -0.137. The molecule has 7 nitrogen and oxygen atoms in total. The van der Waals surface area contributed by atoms with Crippen molar-refractivity contribution in [3.63, 3.8) is 0 Å².